The van der Waals surface area contributed by atoms with E-state index < -0.39 is 5.56 Å². The molecule has 3 aromatic rings. The van der Waals surface area contributed by atoms with E-state index in [2.05, 4.69) is 10.2 Å². The lowest BCUT2D eigenvalue weighted by molar-refractivity contribution is 0.807. The summed E-state index contributed by atoms with van der Waals surface area (Å²) < 4.78 is 2.92. The summed E-state index contributed by atoms with van der Waals surface area (Å²) in [4.78, 5) is 12.1. The minimum absolute atomic E-state index is 0.0917. The van der Waals surface area contributed by atoms with Crippen molar-refractivity contribution < 1.29 is 0 Å². The van der Waals surface area contributed by atoms with Crippen LogP contribution < -0.4 is 11.4 Å². The Kier molecular flexibility index (Phi) is 2.49. The molecule has 0 atom stereocenters. The zero-order chi connectivity index (χ0) is 13.6. The summed E-state index contributed by atoms with van der Waals surface area (Å²) in [5.74, 6) is 5.59. The predicted molar refractivity (Wildman–Crippen MR) is 75.7 cm³/mol. The molecule has 0 saturated carbocycles. The molecule has 0 amide bonds. The third-order valence-electron chi connectivity index (χ3n) is 3.06. The van der Waals surface area contributed by atoms with Crippen molar-refractivity contribution in [2.24, 2.45) is 7.05 Å². The number of benzene rings is 1. The van der Waals surface area contributed by atoms with Crippen molar-refractivity contribution >= 4 is 23.1 Å². The third kappa shape index (κ3) is 1.66. The molecule has 0 spiro atoms. The molecular formula is C12H11N5OS. The second-order valence-corrected chi connectivity index (χ2v) is 4.61. The average molecular weight is 273 g/mol. The lowest BCUT2D eigenvalue weighted by Crippen LogP contribution is -2.30. The van der Waals surface area contributed by atoms with Crippen LogP contribution in [0.1, 0.15) is 0 Å². The van der Waals surface area contributed by atoms with Gasteiger partial charge in [0.05, 0.1) is 0 Å². The maximum atomic E-state index is 12.1. The van der Waals surface area contributed by atoms with Gasteiger partial charge in [0, 0.05) is 29.7 Å². The van der Waals surface area contributed by atoms with E-state index in [9.17, 15) is 4.79 Å². The van der Waals surface area contributed by atoms with Gasteiger partial charge >= 0.3 is 0 Å². The maximum absolute atomic E-state index is 12.1. The van der Waals surface area contributed by atoms with Crippen molar-refractivity contribution in [1.29, 1.82) is 0 Å². The van der Waals surface area contributed by atoms with Crippen LogP contribution in [0.2, 0.25) is 0 Å². The number of para-hydroxylation sites is 1. The first kappa shape index (κ1) is 11.7. The summed E-state index contributed by atoms with van der Waals surface area (Å²) in [5, 5.41) is 7.54. The first-order chi connectivity index (χ1) is 9.09. The van der Waals surface area contributed by atoms with Crippen molar-refractivity contribution in [2.45, 2.75) is 0 Å². The number of aromatic amines is 1. The Hall–Kier alpha value is -2.41. The molecular weight excluding hydrogens is 262 g/mol. The molecule has 3 N–H and O–H groups in total. The van der Waals surface area contributed by atoms with Gasteiger partial charge in [0.1, 0.15) is 0 Å². The van der Waals surface area contributed by atoms with E-state index >= 15 is 0 Å². The van der Waals surface area contributed by atoms with Gasteiger partial charge in [-0.2, -0.15) is 9.77 Å². The molecule has 7 heteroatoms. The van der Waals surface area contributed by atoms with Gasteiger partial charge in [-0.25, -0.2) is 0 Å². The maximum Gasteiger partial charge on any atom is 0.299 e. The quantitative estimate of drug-likeness (QED) is 0.515. The number of H-pyrrole nitrogens is 1. The van der Waals surface area contributed by atoms with Crippen LogP contribution >= 0.6 is 12.2 Å². The van der Waals surface area contributed by atoms with Gasteiger partial charge in [-0.05, 0) is 18.3 Å². The Morgan fingerprint density at radius 2 is 2.11 bits per heavy atom. The van der Waals surface area contributed by atoms with Crippen LogP contribution in [0.4, 0.5) is 0 Å². The van der Waals surface area contributed by atoms with Crippen molar-refractivity contribution in [3.05, 3.63) is 45.6 Å². The predicted octanol–water partition coefficient (Wildman–Crippen LogP) is 1.17. The standard InChI is InChI=1S/C12H11N5OS/c1-16-6-8(7-4-2-3-5-9(7)16)10-11(18)17(13)12(19)15-14-10/h2-6H,13H2,1H3,(H,15,19). The molecule has 0 fully saturated rings. The minimum atomic E-state index is -0.417. The van der Waals surface area contributed by atoms with Crippen LogP contribution in [-0.4, -0.2) is 19.4 Å². The molecule has 2 heterocycles. The monoisotopic (exact) mass is 273 g/mol. The summed E-state index contributed by atoms with van der Waals surface area (Å²) in [6.07, 6.45) is 1.85. The highest BCUT2D eigenvalue weighted by Crippen LogP contribution is 2.26. The van der Waals surface area contributed by atoms with Crippen LogP contribution in [0, 0.1) is 4.77 Å². The van der Waals surface area contributed by atoms with Crippen LogP contribution in [0.15, 0.2) is 35.3 Å². The molecule has 0 bridgehead atoms. The zero-order valence-corrected chi connectivity index (χ0v) is 10.9. The van der Waals surface area contributed by atoms with Gasteiger partial charge in [-0.15, -0.1) is 0 Å². The van der Waals surface area contributed by atoms with E-state index in [1.54, 1.807) is 0 Å². The van der Waals surface area contributed by atoms with E-state index in [0.29, 0.717) is 0 Å². The highest BCUT2D eigenvalue weighted by Gasteiger charge is 2.14. The number of aromatic nitrogens is 4. The Morgan fingerprint density at radius 3 is 2.89 bits per heavy atom. The zero-order valence-electron chi connectivity index (χ0n) is 10.1. The van der Waals surface area contributed by atoms with Crippen LogP contribution in [-0.2, 0) is 7.05 Å². The number of nitrogen functional groups attached to an aromatic ring is 1. The van der Waals surface area contributed by atoms with E-state index in [-0.39, 0.29) is 10.5 Å². The molecule has 1 aromatic carbocycles. The molecule has 0 aliphatic rings. The molecule has 0 aliphatic carbocycles. The van der Waals surface area contributed by atoms with Crippen molar-refractivity contribution in [1.82, 2.24) is 19.4 Å². The number of aryl methyl sites for hydroxylation is 1. The van der Waals surface area contributed by atoms with E-state index in [1.165, 1.54) is 0 Å². The molecule has 3 rings (SSSR count). The fourth-order valence-electron chi connectivity index (χ4n) is 2.12. The first-order valence-corrected chi connectivity index (χ1v) is 6.01. The van der Waals surface area contributed by atoms with Crippen LogP contribution in [0.25, 0.3) is 22.2 Å². The number of nitrogens with zero attached hydrogens (tertiary/aromatic N) is 3. The number of nitrogens with two attached hydrogens (primary N) is 1. The molecule has 19 heavy (non-hydrogen) atoms. The molecule has 6 nitrogen and oxygen atoms in total. The highest BCUT2D eigenvalue weighted by atomic mass is 32.1. The SMILES string of the molecule is Cn1cc(-c2n[nH]c(=S)n(N)c2=O)c2ccccc21. The van der Waals surface area contributed by atoms with E-state index in [0.717, 1.165) is 21.1 Å². The van der Waals surface area contributed by atoms with Crippen molar-refractivity contribution in [3.8, 4) is 11.3 Å². The number of nitrogens with one attached hydrogen (secondary N) is 1. The molecule has 96 valence electrons. The first-order valence-electron chi connectivity index (χ1n) is 5.61. The Morgan fingerprint density at radius 1 is 1.37 bits per heavy atom. The second-order valence-electron chi connectivity index (χ2n) is 4.22. The summed E-state index contributed by atoms with van der Waals surface area (Å²) >= 11 is 4.87. The fraction of sp³-hybridized carbons (Fsp3) is 0.0833. The van der Waals surface area contributed by atoms with Gasteiger partial charge in [0.25, 0.3) is 5.56 Å². The molecule has 0 saturated heterocycles. The highest BCUT2D eigenvalue weighted by molar-refractivity contribution is 7.71. The number of rotatable bonds is 1. The smallest absolute Gasteiger partial charge is 0.299 e. The lowest BCUT2D eigenvalue weighted by Gasteiger charge is -2.01. The van der Waals surface area contributed by atoms with Crippen LogP contribution in [0.5, 0.6) is 0 Å². The van der Waals surface area contributed by atoms with E-state index in [4.69, 9.17) is 18.1 Å². The van der Waals surface area contributed by atoms with Gasteiger partial charge in [-0.3, -0.25) is 9.89 Å². The van der Waals surface area contributed by atoms with Crippen LogP contribution in [0.3, 0.4) is 0 Å². The van der Waals surface area contributed by atoms with Gasteiger partial charge in [0.2, 0.25) is 4.77 Å². The minimum Gasteiger partial charge on any atom is -0.350 e. The number of hydrogen-bond donors (Lipinski definition) is 2. The second kappa shape index (κ2) is 4.06. The van der Waals surface area contributed by atoms with E-state index in [1.807, 2.05) is 42.1 Å². The lowest BCUT2D eigenvalue weighted by atomic mass is 10.1. The Balaban J connectivity index is 2.41. The normalized spacial score (nSPS) is 11.0. The molecule has 0 aliphatic heterocycles. The Bertz CT molecular complexity index is 889. The fourth-order valence-corrected chi connectivity index (χ4v) is 2.25. The number of hydrogen-bond acceptors (Lipinski definition) is 4. The third-order valence-corrected chi connectivity index (χ3v) is 3.34. The summed E-state index contributed by atoms with van der Waals surface area (Å²) in [7, 11) is 1.91. The molecule has 2 aromatic heterocycles. The topological polar surface area (TPSA) is 81.6 Å². The summed E-state index contributed by atoms with van der Waals surface area (Å²) in [6.45, 7) is 0. The van der Waals surface area contributed by atoms with Crippen molar-refractivity contribution in [3.63, 3.8) is 0 Å². The average Bonchev–Trinajstić information content (AvgIpc) is 2.74. The summed E-state index contributed by atoms with van der Waals surface area (Å²) in [5.41, 5.74) is 1.59. The van der Waals surface area contributed by atoms with Gasteiger partial charge < -0.3 is 10.4 Å². The van der Waals surface area contributed by atoms with Crippen molar-refractivity contribution in [2.75, 3.05) is 5.84 Å². The van der Waals surface area contributed by atoms with Gasteiger partial charge in [0.15, 0.2) is 5.69 Å². The van der Waals surface area contributed by atoms with Gasteiger partial charge in [-0.1, -0.05) is 18.2 Å². The summed E-state index contributed by atoms with van der Waals surface area (Å²) in [6, 6.07) is 7.77. The largest absolute Gasteiger partial charge is 0.350 e. The Labute approximate surface area is 113 Å². The number of fused-ring (bicyclic) bond motifs is 1. The molecule has 0 unspecified atom stereocenters. The molecule has 0 radical (unpaired) electrons.